The van der Waals surface area contributed by atoms with Crippen molar-refractivity contribution >= 4 is 11.3 Å². The summed E-state index contributed by atoms with van der Waals surface area (Å²) < 4.78 is 0. The van der Waals surface area contributed by atoms with Crippen LogP contribution >= 0.6 is 11.3 Å². The zero-order valence-corrected chi connectivity index (χ0v) is 11.9. The normalized spacial score (nSPS) is 11.8. The van der Waals surface area contributed by atoms with Gasteiger partial charge in [-0.2, -0.15) is 0 Å². The van der Waals surface area contributed by atoms with E-state index in [-0.39, 0.29) is 0 Å². The largest absolute Gasteiger partial charge is 0.385 e. The molecule has 1 heterocycles. The quantitative estimate of drug-likeness (QED) is 0.902. The molecule has 0 aliphatic rings. The van der Waals surface area contributed by atoms with Crippen molar-refractivity contribution in [3.8, 4) is 10.6 Å². The van der Waals surface area contributed by atoms with Crippen LogP contribution in [-0.2, 0) is 12.0 Å². The highest BCUT2D eigenvalue weighted by Crippen LogP contribution is 2.35. The molecule has 0 aliphatic carbocycles. The summed E-state index contributed by atoms with van der Waals surface area (Å²) in [6.45, 7) is 5.79. The molecular formula is C15H19NOS. The number of hydrogen-bond donors (Lipinski definition) is 1. The third-order valence-electron chi connectivity index (χ3n) is 2.76. The third-order valence-corrected chi connectivity index (χ3v) is 4.22. The molecule has 1 N–H and O–H groups in total. The van der Waals surface area contributed by atoms with Gasteiger partial charge in [-0.25, -0.2) is 4.98 Å². The average molecular weight is 261 g/mol. The van der Waals surface area contributed by atoms with Crippen LogP contribution in [0, 0.1) is 0 Å². The number of thiazole rings is 1. The van der Waals surface area contributed by atoms with Crippen LogP contribution in [0.4, 0.5) is 0 Å². The van der Waals surface area contributed by atoms with Crippen LogP contribution in [0.15, 0.2) is 30.3 Å². The van der Waals surface area contributed by atoms with E-state index in [4.69, 9.17) is 4.98 Å². The molecule has 96 valence electrons. The standard InChI is InChI=1S/C15H19NOS/c1-4-8-12-13(15(2,3)17)18-14(16-12)11-9-6-5-7-10-11/h5-7,9-10,17H,4,8H2,1-3H3. The van der Waals surface area contributed by atoms with Gasteiger partial charge in [-0.15, -0.1) is 11.3 Å². The summed E-state index contributed by atoms with van der Waals surface area (Å²) in [5, 5.41) is 11.2. The van der Waals surface area contributed by atoms with E-state index in [1.165, 1.54) is 0 Å². The average Bonchev–Trinajstić information content (AvgIpc) is 2.75. The van der Waals surface area contributed by atoms with Crippen LogP contribution in [-0.4, -0.2) is 10.1 Å². The third kappa shape index (κ3) is 2.79. The molecule has 0 amide bonds. The molecule has 3 heteroatoms. The highest BCUT2D eigenvalue weighted by atomic mass is 32.1. The van der Waals surface area contributed by atoms with Gasteiger partial charge in [-0.05, 0) is 20.3 Å². The van der Waals surface area contributed by atoms with E-state index in [2.05, 4.69) is 19.1 Å². The molecule has 2 nitrogen and oxygen atoms in total. The Morgan fingerprint density at radius 1 is 1.22 bits per heavy atom. The molecule has 1 aromatic carbocycles. The fraction of sp³-hybridized carbons (Fsp3) is 0.400. The Bertz CT molecular complexity index is 511. The Morgan fingerprint density at radius 3 is 2.44 bits per heavy atom. The molecule has 0 fully saturated rings. The van der Waals surface area contributed by atoms with Gasteiger partial charge in [0.2, 0.25) is 0 Å². The lowest BCUT2D eigenvalue weighted by Gasteiger charge is -2.16. The Balaban J connectivity index is 2.46. The van der Waals surface area contributed by atoms with Crippen molar-refractivity contribution in [2.45, 2.75) is 39.2 Å². The first kappa shape index (κ1) is 13.2. The maximum atomic E-state index is 10.2. The van der Waals surface area contributed by atoms with Crippen LogP contribution in [0.1, 0.15) is 37.8 Å². The summed E-state index contributed by atoms with van der Waals surface area (Å²) in [6.07, 6.45) is 1.96. The molecule has 0 spiro atoms. The van der Waals surface area contributed by atoms with E-state index in [1.807, 2.05) is 32.0 Å². The molecule has 1 aromatic heterocycles. The first-order valence-corrected chi connectivity index (χ1v) is 7.12. The zero-order chi connectivity index (χ0) is 13.2. The molecule has 0 saturated heterocycles. The summed E-state index contributed by atoms with van der Waals surface area (Å²) in [5.41, 5.74) is 1.35. The SMILES string of the molecule is CCCc1nc(-c2ccccc2)sc1C(C)(C)O. The van der Waals surface area contributed by atoms with Gasteiger partial charge in [0.1, 0.15) is 5.01 Å². The van der Waals surface area contributed by atoms with E-state index in [0.717, 1.165) is 34.0 Å². The topological polar surface area (TPSA) is 33.1 Å². The maximum absolute atomic E-state index is 10.2. The number of rotatable bonds is 4. The van der Waals surface area contributed by atoms with E-state index in [0.29, 0.717) is 0 Å². The molecule has 0 atom stereocenters. The van der Waals surface area contributed by atoms with Gasteiger partial charge in [0.25, 0.3) is 0 Å². The second-order valence-electron chi connectivity index (χ2n) is 4.97. The first-order chi connectivity index (χ1) is 8.52. The number of aliphatic hydroxyl groups is 1. The van der Waals surface area contributed by atoms with Gasteiger partial charge in [0.15, 0.2) is 0 Å². The van der Waals surface area contributed by atoms with Crippen LogP contribution in [0.2, 0.25) is 0 Å². The fourth-order valence-electron chi connectivity index (χ4n) is 1.94. The second-order valence-corrected chi connectivity index (χ2v) is 5.97. The summed E-state index contributed by atoms with van der Waals surface area (Å²) in [5.74, 6) is 0. The predicted octanol–water partition coefficient (Wildman–Crippen LogP) is 3.99. The molecular weight excluding hydrogens is 242 g/mol. The molecule has 2 rings (SSSR count). The van der Waals surface area contributed by atoms with Crippen LogP contribution in [0.3, 0.4) is 0 Å². The minimum absolute atomic E-state index is 0.810. The molecule has 0 radical (unpaired) electrons. The van der Waals surface area contributed by atoms with Crippen molar-refractivity contribution in [1.29, 1.82) is 0 Å². The molecule has 0 saturated carbocycles. The summed E-state index contributed by atoms with van der Waals surface area (Å²) >= 11 is 1.60. The van der Waals surface area contributed by atoms with Gasteiger partial charge < -0.3 is 5.11 Å². The van der Waals surface area contributed by atoms with Crippen LogP contribution < -0.4 is 0 Å². The summed E-state index contributed by atoms with van der Waals surface area (Å²) in [4.78, 5) is 5.68. The smallest absolute Gasteiger partial charge is 0.123 e. The Kier molecular flexibility index (Phi) is 3.83. The lowest BCUT2D eigenvalue weighted by molar-refractivity contribution is 0.0813. The van der Waals surface area contributed by atoms with Gasteiger partial charge in [-0.1, -0.05) is 43.7 Å². The van der Waals surface area contributed by atoms with E-state index in [1.54, 1.807) is 11.3 Å². The second kappa shape index (κ2) is 5.21. The lowest BCUT2D eigenvalue weighted by Crippen LogP contribution is -2.15. The van der Waals surface area contributed by atoms with E-state index >= 15 is 0 Å². The highest BCUT2D eigenvalue weighted by Gasteiger charge is 2.24. The van der Waals surface area contributed by atoms with E-state index < -0.39 is 5.60 Å². The molecule has 0 unspecified atom stereocenters. The number of aromatic nitrogens is 1. The molecule has 0 aliphatic heterocycles. The number of benzene rings is 1. The minimum Gasteiger partial charge on any atom is -0.385 e. The number of hydrogen-bond acceptors (Lipinski definition) is 3. The zero-order valence-electron chi connectivity index (χ0n) is 11.1. The van der Waals surface area contributed by atoms with Crippen LogP contribution in [0.25, 0.3) is 10.6 Å². The van der Waals surface area contributed by atoms with Gasteiger partial charge in [0, 0.05) is 5.56 Å². The van der Waals surface area contributed by atoms with Crippen molar-refractivity contribution in [3.63, 3.8) is 0 Å². The fourth-order valence-corrected chi connectivity index (χ4v) is 3.06. The summed E-state index contributed by atoms with van der Waals surface area (Å²) in [6, 6.07) is 10.1. The van der Waals surface area contributed by atoms with Gasteiger partial charge >= 0.3 is 0 Å². The van der Waals surface area contributed by atoms with E-state index in [9.17, 15) is 5.11 Å². The van der Waals surface area contributed by atoms with Crippen molar-refractivity contribution in [1.82, 2.24) is 4.98 Å². The molecule has 2 aromatic rings. The van der Waals surface area contributed by atoms with Crippen molar-refractivity contribution in [2.24, 2.45) is 0 Å². The number of aryl methyl sites for hydroxylation is 1. The minimum atomic E-state index is -0.810. The highest BCUT2D eigenvalue weighted by molar-refractivity contribution is 7.15. The predicted molar refractivity (Wildman–Crippen MR) is 76.8 cm³/mol. The molecule has 0 bridgehead atoms. The first-order valence-electron chi connectivity index (χ1n) is 6.30. The number of nitrogens with zero attached hydrogens (tertiary/aromatic N) is 1. The summed E-state index contributed by atoms with van der Waals surface area (Å²) in [7, 11) is 0. The Hall–Kier alpha value is -1.19. The monoisotopic (exact) mass is 261 g/mol. The van der Waals surface area contributed by atoms with Crippen LogP contribution in [0.5, 0.6) is 0 Å². The van der Waals surface area contributed by atoms with Gasteiger partial charge in [-0.3, -0.25) is 0 Å². The van der Waals surface area contributed by atoms with Crippen molar-refractivity contribution < 1.29 is 5.11 Å². The Labute approximate surface area is 112 Å². The van der Waals surface area contributed by atoms with Crippen molar-refractivity contribution in [2.75, 3.05) is 0 Å². The lowest BCUT2D eigenvalue weighted by atomic mass is 10.0. The Morgan fingerprint density at radius 2 is 1.89 bits per heavy atom. The maximum Gasteiger partial charge on any atom is 0.123 e. The van der Waals surface area contributed by atoms with Crippen molar-refractivity contribution in [3.05, 3.63) is 40.9 Å². The van der Waals surface area contributed by atoms with Gasteiger partial charge in [0.05, 0.1) is 16.2 Å². The molecule has 18 heavy (non-hydrogen) atoms.